The SMILES string of the molecule is CC1(C)OB(c2ccc(NC(=O)Nc3ccon3)cc2)OC1(C)C. The van der Waals surface area contributed by atoms with E-state index < -0.39 is 13.1 Å². The normalized spacial score (nSPS) is 18.4. The van der Waals surface area contributed by atoms with Crippen LogP contribution in [0.15, 0.2) is 41.1 Å². The van der Waals surface area contributed by atoms with Crippen molar-refractivity contribution in [2.24, 2.45) is 0 Å². The molecule has 0 spiro atoms. The van der Waals surface area contributed by atoms with Crippen LogP contribution >= 0.6 is 0 Å². The molecule has 3 rings (SSSR count). The monoisotopic (exact) mass is 329 g/mol. The quantitative estimate of drug-likeness (QED) is 0.846. The molecule has 1 aromatic heterocycles. The van der Waals surface area contributed by atoms with Gasteiger partial charge in [0.15, 0.2) is 5.82 Å². The summed E-state index contributed by atoms with van der Waals surface area (Å²) < 4.78 is 16.7. The van der Waals surface area contributed by atoms with Gasteiger partial charge in [-0.3, -0.25) is 5.32 Å². The number of benzene rings is 1. The number of nitrogens with one attached hydrogen (secondary N) is 2. The number of carbonyl (C=O) groups is 1. The fourth-order valence-corrected chi connectivity index (χ4v) is 2.26. The Kier molecular flexibility index (Phi) is 4.10. The van der Waals surface area contributed by atoms with Gasteiger partial charge in [0.1, 0.15) is 6.26 Å². The summed E-state index contributed by atoms with van der Waals surface area (Å²) in [6.07, 6.45) is 1.38. The number of carbonyl (C=O) groups excluding carboxylic acids is 1. The number of anilines is 2. The first-order valence-electron chi connectivity index (χ1n) is 7.71. The lowest BCUT2D eigenvalue weighted by Gasteiger charge is -2.32. The molecule has 0 saturated carbocycles. The average molecular weight is 329 g/mol. The standard InChI is InChI=1S/C16H20BN3O4/c1-15(2)16(3,4)24-17(23-15)11-5-7-12(8-6-11)18-14(21)19-13-9-10-22-20-13/h5-10H,1-4H3,(H2,18,19,20,21). The van der Waals surface area contributed by atoms with Crippen molar-refractivity contribution < 1.29 is 18.6 Å². The van der Waals surface area contributed by atoms with Gasteiger partial charge in [-0.05, 0) is 45.3 Å². The van der Waals surface area contributed by atoms with Crippen LogP contribution in [-0.2, 0) is 9.31 Å². The largest absolute Gasteiger partial charge is 0.494 e. The van der Waals surface area contributed by atoms with Crippen molar-refractivity contribution in [3.8, 4) is 0 Å². The minimum Gasteiger partial charge on any atom is -0.399 e. The molecule has 1 aliphatic heterocycles. The first kappa shape index (κ1) is 16.5. The third kappa shape index (κ3) is 3.29. The van der Waals surface area contributed by atoms with E-state index in [1.807, 2.05) is 39.8 Å². The van der Waals surface area contributed by atoms with Gasteiger partial charge in [-0.1, -0.05) is 17.3 Å². The van der Waals surface area contributed by atoms with Crippen LogP contribution in [0.3, 0.4) is 0 Å². The summed E-state index contributed by atoms with van der Waals surface area (Å²) in [5, 5.41) is 8.89. The maximum atomic E-state index is 11.8. The molecule has 8 heteroatoms. The zero-order chi connectivity index (χ0) is 17.4. The number of rotatable bonds is 3. The van der Waals surface area contributed by atoms with Crippen molar-refractivity contribution in [3.63, 3.8) is 0 Å². The summed E-state index contributed by atoms with van der Waals surface area (Å²) in [6.45, 7) is 8.04. The zero-order valence-electron chi connectivity index (χ0n) is 14.1. The van der Waals surface area contributed by atoms with Crippen LogP contribution in [0.25, 0.3) is 0 Å². The molecule has 0 unspecified atom stereocenters. The number of aromatic nitrogens is 1. The lowest BCUT2D eigenvalue weighted by Crippen LogP contribution is -2.41. The van der Waals surface area contributed by atoms with E-state index in [1.54, 1.807) is 18.2 Å². The molecule has 7 nitrogen and oxygen atoms in total. The number of hydrogen-bond acceptors (Lipinski definition) is 5. The summed E-state index contributed by atoms with van der Waals surface area (Å²) in [4.78, 5) is 11.8. The van der Waals surface area contributed by atoms with E-state index in [2.05, 4.69) is 20.3 Å². The Balaban J connectivity index is 1.63. The van der Waals surface area contributed by atoms with Crippen LogP contribution in [0.4, 0.5) is 16.3 Å². The molecule has 1 aromatic carbocycles. The van der Waals surface area contributed by atoms with Crippen molar-refractivity contribution >= 4 is 30.1 Å². The lowest BCUT2D eigenvalue weighted by atomic mass is 9.79. The van der Waals surface area contributed by atoms with E-state index in [1.165, 1.54) is 6.26 Å². The molecule has 0 bridgehead atoms. The predicted octanol–water partition coefficient (Wildman–Crippen LogP) is 2.62. The molecule has 2 amide bonds. The van der Waals surface area contributed by atoms with E-state index in [0.29, 0.717) is 11.5 Å². The van der Waals surface area contributed by atoms with Gasteiger partial charge in [-0.2, -0.15) is 0 Å². The summed E-state index contributed by atoms with van der Waals surface area (Å²) in [5.41, 5.74) is 0.783. The van der Waals surface area contributed by atoms with Gasteiger partial charge >= 0.3 is 13.1 Å². The molecule has 2 aromatic rings. The van der Waals surface area contributed by atoms with Gasteiger partial charge in [0.05, 0.1) is 11.2 Å². The summed E-state index contributed by atoms with van der Waals surface area (Å²) in [7, 11) is -0.423. The summed E-state index contributed by atoms with van der Waals surface area (Å²) in [6, 6.07) is 8.49. The van der Waals surface area contributed by atoms with Gasteiger partial charge in [0.25, 0.3) is 0 Å². The Bertz CT molecular complexity index is 697. The second-order valence-corrected chi connectivity index (χ2v) is 6.67. The zero-order valence-corrected chi connectivity index (χ0v) is 14.1. The first-order chi connectivity index (χ1) is 11.3. The molecule has 0 atom stereocenters. The smallest absolute Gasteiger partial charge is 0.399 e. The molecule has 1 aliphatic rings. The van der Waals surface area contributed by atoms with Crippen LogP contribution < -0.4 is 16.1 Å². The number of hydrogen-bond donors (Lipinski definition) is 2. The van der Waals surface area contributed by atoms with E-state index in [-0.39, 0.29) is 11.2 Å². The Hall–Kier alpha value is -2.32. The minimum absolute atomic E-state index is 0.348. The fraction of sp³-hybridized carbons (Fsp3) is 0.375. The van der Waals surface area contributed by atoms with Crippen LogP contribution in [0.2, 0.25) is 0 Å². The minimum atomic E-state index is -0.423. The van der Waals surface area contributed by atoms with Crippen molar-refractivity contribution in [2.45, 2.75) is 38.9 Å². The Morgan fingerprint density at radius 2 is 1.62 bits per heavy atom. The second kappa shape index (κ2) is 5.96. The number of urea groups is 1. The van der Waals surface area contributed by atoms with Crippen molar-refractivity contribution in [2.75, 3.05) is 10.6 Å². The Morgan fingerprint density at radius 3 is 2.17 bits per heavy atom. The van der Waals surface area contributed by atoms with E-state index >= 15 is 0 Å². The van der Waals surface area contributed by atoms with Crippen LogP contribution in [0, 0.1) is 0 Å². The highest BCUT2D eigenvalue weighted by molar-refractivity contribution is 6.62. The highest BCUT2D eigenvalue weighted by Crippen LogP contribution is 2.36. The van der Waals surface area contributed by atoms with Gasteiger partial charge < -0.3 is 19.1 Å². The van der Waals surface area contributed by atoms with Crippen molar-refractivity contribution in [3.05, 3.63) is 36.6 Å². The van der Waals surface area contributed by atoms with Gasteiger partial charge in [0.2, 0.25) is 0 Å². The second-order valence-electron chi connectivity index (χ2n) is 6.67. The third-order valence-electron chi connectivity index (χ3n) is 4.37. The molecule has 0 radical (unpaired) electrons. The maximum absolute atomic E-state index is 11.8. The van der Waals surface area contributed by atoms with Crippen LogP contribution in [0.1, 0.15) is 27.7 Å². The van der Waals surface area contributed by atoms with Crippen molar-refractivity contribution in [1.29, 1.82) is 0 Å². The van der Waals surface area contributed by atoms with Crippen LogP contribution in [-0.4, -0.2) is 29.5 Å². The topological polar surface area (TPSA) is 85.6 Å². The van der Waals surface area contributed by atoms with E-state index in [4.69, 9.17) is 9.31 Å². The van der Waals surface area contributed by atoms with E-state index in [9.17, 15) is 4.79 Å². The molecular formula is C16H20BN3O4. The highest BCUT2D eigenvalue weighted by Gasteiger charge is 2.51. The Morgan fingerprint density at radius 1 is 1.00 bits per heavy atom. The molecular weight excluding hydrogens is 309 g/mol. The summed E-state index contributed by atoms with van der Waals surface area (Å²) in [5.74, 6) is 0.348. The Labute approximate surface area is 140 Å². The highest BCUT2D eigenvalue weighted by atomic mass is 16.7. The molecule has 2 heterocycles. The molecule has 126 valence electrons. The number of amides is 2. The number of nitrogens with zero attached hydrogens (tertiary/aromatic N) is 1. The molecule has 2 N–H and O–H groups in total. The van der Waals surface area contributed by atoms with E-state index in [0.717, 1.165) is 5.46 Å². The predicted molar refractivity (Wildman–Crippen MR) is 91.3 cm³/mol. The third-order valence-corrected chi connectivity index (χ3v) is 4.37. The van der Waals surface area contributed by atoms with Crippen molar-refractivity contribution in [1.82, 2.24) is 5.16 Å². The first-order valence-corrected chi connectivity index (χ1v) is 7.71. The molecule has 0 aliphatic carbocycles. The molecule has 1 saturated heterocycles. The van der Waals surface area contributed by atoms with Crippen LogP contribution in [0.5, 0.6) is 0 Å². The fourth-order valence-electron chi connectivity index (χ4n) is 2.26. The van der Waals surface area contributed by atoms with Gasteiger partial charge in [-0.15, -0.1) is 0 Å². The molecule has 1 fully saturated rings. The molecule has 24 heavy (non-hydrogen) atoms. The van der Waals surface area contributed by atoms with Gasteiger partial charge in [0, 0.05) is 11.8 Å². The maximum Gasteiger partial charge on any atom is 0.494 e. The van der Waals surface area contributed by atoms with Gasteiger partial charge in [-0.25, -0.2) is 4.79 Å². The average Bonchev–Trinajstić information content (AvgIpc) is 3.06. The lowest BCUT2D eigenvalue weighted by molar-refractivity contribution is 0.00578. The summed E-state index contributed by atoms with van der Waals surface area (Å²) >= 11 is 0.